The van der Waals surface area contributed by atoms with E-state index >= 15 is 0 Å². The summed E-state index contributed by atoms with van der Waals surface area (Å²) in [5.74, 6) is -0.268. The number of rotatable bonds is 3. The van der Waals surface area contributed by atoms with E-state index < -0.39 is 11.6 Å². The fraction of sp³-hybridized carbons (Fsp3) is 0.160. The number of ether oxygens (including phenoxy) is 1. The zero-order valence-electron chi connectivity index (χ0n) is 16.5. The van der Waals surface area contributed by atoms with E-state index in [0.717, 1.165) is 11.3 Å². The molecule has 0 unspecified atom stereocenters. The predicted octanol–water partition coefficient (Wildman–Crippen LogP) is 4.73. The van der Waals surface area contributed by atoms with E-state index in [-0.39, 0.29) is 5.78 Å². The zero-order valence-corrected chi connectivity index (χ0v) is 16.5. The van der Waals surface area contributed by atoms with Gasteiger partial charge in [0, 0.05) is 24.2 Å². The van der Waals surface area contributed by atoms with E-state index in [9.17, 15) is 9.59 Å². The van der Waals surface area contributed by atoms with Gasteiger partial charge in [-0.15, -0.1) is 0 Å². The number of anilines is 1. The first-order valence-electron chi connectivity index (χ1n) is 9.94. The number of ketones is 1. The van der Waals surface area contributed by atoms with Crippen LogP contribution in [0.3, 0.4) is 0 Å². The molecule has 0 bridgehead atoms. The van der Waals surface area contributed by atoms with E-state index in [2.05, 4.69) is 0 Å². The van der Waals surface area contributed by atoms with Gasteiger partial charge in [-0.2, -0.15) is 0 Å². The van der Waals surface area contributed by atoms with Crippen molar-refractivity contribution in [1.29, 1.82) is 0 Å². The van der Waals surface area contributed by atoms with Gasteiger partial charge in [0.25, 0.3) is 0 Å². The lowest BCUT2D eigenvalue weighted by atomic mass is 9.86. The zero-order chi connectivity index (χ0) is 20.7. The molecule has 2 aliphatic heterocycles. The van der Waals surface area contributed by atoms with E-state index in [1.165, 1.54) is 0 Å². The van der Waals surface area contributed by atoms with Crippen molar-refractivity contribution in [3.8, 4) is 0 Å². The Kier molecular flexibility index (Phi) is 4.24. The van der Waals surface area contributed by atoms with Gasteiger partial charge < -0.3 is 9.64 Å². The normalized spacial score (nSPS) is 19.7. The smallest absolute Gasteiger partial charge is 0.339 e. The molecule has 5 rings (SSSR count). The second-order valence-electron chi connectivity index (χ2n) is 7.60. The molecule has 0 N–H and O–H groups in total. The van der Waals surface area contributed by atoms with Crippen LogP contribution in [0.15, 0.2) is 83.9 Å². The number of para-hydroxylation sites is 1. The van der Waals surface area contributed by atoms with Crippen molar-refractivity contribution < 1.29 is 14.3 Å². The lowest BCUT2D eigenvalue weighted by molar-refractivity contribution is 0.0139. The Bertz CT molecular complexity index is 1170. The van der Waals surface area contributed by atoms with Crippen LogP contribution in [0.5, 0.6) is 0 Å². The molecular weight excluding hydrogens is 376 g/mol. The van der Waals surface area contributed by atoms with Gasteiger partial charge in [0.1, 0.15) is 0 Å². The van der Waals surface area contributed by atoms with Crippen LogP contribution in [0.2, 0.25) is 0 Å². The molecule has 3 aromatic rings. The lowest BCUT2D eigenvalue weighted by Gasteiger charge is -2.33. The van der Waals surface area contributed by atoms with E-state index in [1.807, 2.05) is 66.4 Å². The van der Waals surface area contributed by atoms with Crippen LogP contribution in [-0.4, -0.2) is 29.7 Å². The van der Waals surface area contributed by atoms with E-state index in [4.69, 9.17) is 9.73 Å². The maximum Gasteiger partial charge on any atom is 0.339 e. The third kappa shape index (κ3) is 2.82. The Hall–Kier alpha value is -3.73. The number of benzene rings is 3. The summed E-state index contributed by atoms with van der Waals surface area (Å²) in [5.41, 5.74) is 1.96. The van der Waals surface area contributed by atoms with Gasteiger partial charge in [-0.25, -0.2) is 9.79 Å². The highest BCUT2D eigenvalue weighted by atomic mass is 16.6. The molecular formula is C25H20N2O3. The molecule has 0 amide bonds. The summed E-state index contributed by atoms with van der Waals surface area (Å²) in [4.78, 5) is 33.5. The van der Waals surface area contributed by atoms with Crippen LogP contribution < -0.4 is 4.90 Å². The number of carbonyl (C=O) groups excluding carboxylic acids is 2. The maximum atomic E-state index is 13.7. The first-order valence-corrected chi connectivity index (χ1v) is 9.94. The third-order valence-electron chi connectivity index (χ3n) is 5.64. The highest BCUT2D eigenvalue weighted by Crippen LogP contribution is 2.42. The van der Waals surface area contributed by atoms with Crippen molar-refractivity contribution in [3.63, 3.8) is 0 Å². The minimum atomic E-state index is -1.43. The Morgan fingerprint density at radius 2 is 1.70 bits per heavy atom. The fourth-order valence-corrected chi connectivity index (χ4v) is 4.13. The number of nitrogens with zero attached hydrogens (tertiary/aromatic N) is 2. The molecule has 0 saturated carbocycles. The van der Waals surface area contributed by atoms with Gasteiger partial charge in [0.2, 0.25) is 11.4 Å². The summed E-state index contributed by atoms with van der Waals surface area (Å²) >= 11 is 0. The second-order valence-corrected chi connectivity index (χ2v) is 7.60. The molecule has 148 valence electrons. The molecule has 0 aromatic heterocycles. The minimum absolute atomic E-state index is 0.214. The van der Waals surface area contributed by atoms with Gasteiger partial charge in [0.15, 0.2) is 5.84 Å². The summed E-state index contributed by atoms with van der Waals surface area (Å²) in [6, 6.07) is 24.1. The number of amidine groups is 1. The van der Waals surface area contributed by atoms with Crippen molar-refractivity contribution in [2.45, 2.75) is 18.9 Å². The summed E-state index contributed by atoms with van der Waals surface area (Å²) in [7, 11) is 0. The molecule has 2 aliphatic rings. The summed E-state index contributed by atoms with van der Waals surface area (Å²) < 4.78 is 5.99. The number of aryl methyl sites for hydroxylation is 1. The van der Waals surface area contributed by atoms with Gasteiger partial charge in [0.05, 0.1) is 11.3 Å². The quantitative estimate of drug-likeness (QED) is 0.601. The molecule has 1 saturated heterocycles. The molecule has 1 fully saturated rings. The number of aliphatic imine (C=N–C) groups is 1. The van der Waals surface area contributed by atoms with Crippen molar-refractivity contribution >= 4 is 29.0 Å². The SMILES string of the molecule is Cc1ccc2c(c1)C(=O)[C@@]1(OC(=O)c3ccccc3)CCN(c3ccccc3)C1=N2. The first-order chi connectivity index (χ1) is 14.6. The average Bonchev–Trinajstić information content (AvgIpc) is 3.15. The molecule has 0 radical (unpaired) electrons. The van der Waals surface area contributed by atoms with Gasteiger partial charge >= 0.3 is 5.97 Å². The molecule has 1 atom stereocenters. The molecule has 30 heavy (non-hydrogen) atoms. The summed E-state index contributed by atoms with van der Waals surface area (Å²) in [5, 5.41) is 0. The van der Waals surface area contributed by atoms with Crippen LogP contribution in [0.4, 0.5) is 11.4 Å². The highest BCUT2D eigenvalue weighted by Gasteiger charge is 2.57. The topological polar surface area (TPSA) is 59.0 Å². The first kappa shape index (κ1) is 18.3. The number of fused-ring (bicyclic) bond motifs is 2. The van der Waals surface area contributed by atoms with Crippen LogP contribution in [0.1, 0.15) is 32.7 Å². The van der Waals surface area contributed by atoms with Crippen molar-refractivity contribution in [2.24, 2.45) is 4.99 Å². The molecule has 3 aromatic carbocycles. The summed E-state index contributed by atoms with van der Waals surface area (Å²) in [6.07, 6.45) is 0.353. The molecule has 5 nitrogen and oxygen atoms in total. The molecule has 0 spiro atoms. The van der Waals surface area contributed by atoms with Crippen LogP contribution in [0, 0.1) is 6.92 Å². The average molecular weight is 396 g/mol. The van der Waals surface area contributed by atoms with E-state index in [1.54, 1.807) is 24.3 Å². The minimum Gasteiger partial charge on any atom is -0.439 e. The Morgan fingerprint density at radius 1 is 1.00 bits per heavy atom. The number of hydrogen-bond donors (Lipinski definition) is 0. The second kappa shape index (κ2) is 6.95. The van der Waals surface area contributed by atoms with Gasteiger partial charge in [-0.1, -0.05) is 48.0 Å². The standard InChI is InChI=1S/C25H20N2O3/c1-17-12-13-21-20(16-17)22(28)25(30-23(29)18-8-4-2-5-9-18)14-15-27(24(25)26-21)19-10-6-3-7-11-19/h2-13,16H,14-15H2,1H3/t25-/m0/s1. The molecule has 5 heteroatoms. The highest BCUT2D eigenvalue weighted by molar-refractivity contribution is 6.29. The van der Waals surface area contributed by atoms with Crippen LogP contribution in [-0.2, 0) is 4.74 Å². The Labute approximate surface area is 174 Å². The number of Topliss-reactive ketones (excluding diaryl/α,β-unsaturated/α-hetero) is 1. The number of hydrogen-bond acceptors (Lipinski definition) is 5. The fourth-order valence-electron chi connectivity index (χ4n) is 4.13. The van der Waals surface area contributed by atoms with Crippen molar-refractivity contribution in [2.75, 3.05) is 11.4 Å². The number of carbonyl (C=O) groups is 2. The number of esters is 1. The van der Waals surface area contributed by atoms with Crippen molar-refractivity contribution in [3.05, 3.63) is 95.6 Å². The van der Waals surface area contributed by atoms with Crippen molar-refractivity contribution in [1.82, 2.24) is 0 Å². The van der Waals surface area contributed by atoms with Gasteiger partial charge in [-0.05, 0) is 43.3 Å². The largest absolute Gasteiger partial charge is 0.439 e. The summed E-state index contributed by atoms with van der Waals surface area (Å²) in [6.45, 7) is 2.46. The molecule has 2 heterocycles. The van der Waals surface area contributed by atoms with Gasteiger partial charge in [-0.3, -0.25) is 4.79 Å². The molecule has 0 aliphatic carbocycles. The lowest BCUT2D eigenvalue weighted by Crippen LogP contribution is -2.52. The Morgan fingerprint density at radius 3 is 2.43 bits per heavy atom. The van der Waals surface area contributed by atoms with Crippen LogP contribution >= 0.6 is 0 Å². The van der Waals surface area contributed by atoms with E-state index in [0.29, 0.717) is 35.6 Å². The monoisotopic (exact) mass is 396 g/mol. The maximum absolute atomic E-state index is 13.7. The Balaban J connectivity index is 1.64. The predicted molar refractivity (Wildman–Crippen MR) is 116 cm³/mol. The van der Waals surface area contributed by atoms with Crippen LogP contribution in [0.25, 0.3) is 0 Å². The third-order valence-corrected chi connectivity index (χ3v) is 5.64.